The Balaban J connectivity index is 1.08. The molecule has 0 saturated carbocycles. The van der Waals surface area contributed by atoms with E-state index >= 15 is 0 Å². The van der Waals surface area contributed by atoms with Gasteiger partial charge in [0.15, 0.2) is 0 Å². The fourth-order valence-electron chi connectivity index (χ4n) is 5.07. The number of anilines is 1. The Morgan fingerprint density at radius 1 is 1.18 bits per heavy atom. The summed E-state index contributed by atoms with van der Waals surface area (Å²) in [5.41, 5.74) is 11.5. The van der Waals surface area contributed by atoms with Crippen molar-refractivity contribution in [2.45, 2.75) is 18.5 Å². The molecule has 10 heteroatoms. The third kappa shape index (κ3) is 5.08. The van der Waals surface area contributed by atoms with Crippen molar-refractivity contribution < 1.29 is 9.47 Å². The number of nitrogens with one attached hydrogen (secondary N) is 1. The zero-order valence-electron chi connectivity index (χ0n) is 22.0. The smallest absolute Gasteiger partial charge is 0.140 e. The van der Waals surface area contributed by atoms with Crippen molar-refractivity contribution in [2.24, 2.45) is 10.7 Å². The number of aliphatic imine (C=N–C) groups is 1. The zero-order valence-corrected chi connectivity index (χ0v) is 22.0. The van der Waals surface area contributed by atoms with Gasteiger partial charge in [0.25, 0.3) is 0 Å². The molecular weight excluding hydrogens is 492 g/mol. The number of hydrogen-bond donors (Lipinski definition) is 2. The summed E-state index contributed by atoms with van der Waals surface area (Å²) in [4.78, 5) is 20.0. The van der Waals surface area contributed by atoms with Gasteiger partial charge in [0.2, 0.25) is 0 Å². The SMILES string of the molecule is CN=CC(=CN)c1ccc(CNc2cc(-c3cnc4cc(OCCN5CCC56COC6)ccn34)ncn2)cc1. The molecule has 4 aromatic rings. The normalized spacial score (nSPS) is 16.9. The average Bonchev–Trinajstić information content (AvgIpc) is 3.35. The maximum atomic E-state index is 6.04. The van der Waals surface area contributed by atoms with Gasteiger partial charge in [-0.25, -0.2) is 15.0 Å². The predicted octanol–water partition coefficient (Wildman–Crippen LogP) is 3.26. The van der Waals surface area contributed by atoms with Gasteiger partial charge in [-0.2, -0.15) is 0 Å². The lowest BCUT2D eigenvalue weighted by Crippen LogP contribution is -2.71. The average molecular weight is 525 g/mol. The Kier molecular flexibility index (Phi) is 6.95. The van der Waals surface area contributed by atoms with Crippen LogP contribution in [0.3, 0.4) is 0 Å². The van der Waals surface area contributed by atoms with E-state index < -0.39 is 0 Å². The monoisotopic (exact) mass is 524 g/mol. The summed E-state index contributed by atoms with van der Waals surface area (Å²) in [6.45, 7) is 5.01. The first-order chi connectivity index (χ1) is 19.2. The minimum absolute atomic E-state index is 0.289. The van der Waals surface area contributed by atoms with Crippen molar-refractivity contribution in [3.63, 3.8) is 0 Å². The molecule has 0 unspecified atom stereocenters. The summed E-state index contributed by atoms with van der Waals surface area (Å²) < 4.78 is 13.5. The molecule has 0 aliphatic carbocycles. The molecule has 1 spiro atoms. The van der Waals surface area contributed by atoms with Gasteiger partial charge in [-0.3, -0.25) is 14.3 Å². The molecule has 2 aliphatic heterocycles. The number of benzene rings is 1. The molecule has 0 bridgehead atoms. The molecule has 200 valence electrons. The Morgan fingerprint density at radius 3 is 2.77 bits per heavy atom. The molecule has 6 rings (SSSR count). The van der Waals surface area contributed by atoms with E-state index in [0.29, 0.717) is 13.2 Å². The quantitative estimate of drug-likeness (QED) is 0.304. The summed E-state index contributed by atoms with van der Waals surface area (Å²) in [6, 6.07) is 14.0. The highest BCUT2D eigenvalue weighted by molar-refractivity contribution is 6.09. The minimum Gasteiger partial charge on any atom is -0.492 e. The van der Waals surface area contributed by atoms with E-state index in [1.807, 2.05) is 47.1 Å². The van der Waals surface area contributed by atoms with Crippen LogP contribution in [0.4, 0.5) is 5.82 Å². The van der Waals surface area contributed by atoms with Crippen LogP contribution in [0.1, 0.15) is 17.5 Å². The number of rotatable bonds is 10. The molecule has 2 saturated heterocycles. The van der Waals surface area contributed by atoms with Crippen molar-refractivity contribution in [3.8, 4) is 17.1 Å². The van der Waals surface area contributed by atoms with Crippen LogP contribution in [0, 0.1) is 0 Å². The maximum absolute atomic E-state index is 6.04. The fraction of sp³-hybridized carbons (Fsp3) is 0.310. The largest absolute Gasteiger partial charge is 0.492 e. The van der Waals surface area contributed by atoms with Gasteiger partial charge < -0.3 is 20.5 Å². The van der Waals surface area contributed by atoms with Crippen LogP contribution in [0.5, 0.6) is 5.75 Å². The van der Waals surface area contributed by atoms with E-state index in [4.69, 9.17) is 15.2 Å². The van der Waals surface area contributed by atoms with E-state index in [-0.39, 0.29) is 5.54 Å². The van der Waals surface area contributed by atoms with Gasteiger partial charge in [0.05, 0.1) is 36.3 Å². The molecular formula is C29H32N8O2. The number of aromatic nitrogens is 4. The predicted molar refractivity (Wildman–Crippen MR) is 152 cm³/mol. The van der Waals surface area contributed by atoms with E-state index in [1.165, 1.54) is 6.42 Å². The van der Waals surface area contributed by atoms with Crippen LogP contribution in [0.25, 0.3) is 22.6 Å². The van der Waals surface area contributed by atoms with Crippen LogP contribution >= 0.6 is 0 Å². The van der Waals surface area contributed by atoms with E-state index in [9.17, 15) is 0 Å². The Morgan fingerprint density at radius 2 is 2.05 bits per heavy atom. The second-order valence-corrected chi connectivity index (χ2v) is 9.89. The minimum atomic E-state index is 0.289. The number of nitrogens with zero attached hydrogens (tertiary/aromatic N) is 6. The molecule has 3 N–H and O–H groups in total. The van der Waals surface area contributed by atoms with E-state index in [1.54, 1.807) is 25.8 Å². The topological polar surface area (TPSA) is 115 Å². The van der Waals surface area contributed by atoms with Crippen molar-refractivity contribution in [1.29, 1.82) is 0 Å². The van der Waals surface area contributed by atoms with Gasteiger partial charge in [0, 0.05) is 63.0 Å². The first-order valence-corrected chi connectivity index (χ1v) is 13.1. The number of nitrogens with two attached hydrogens (primary N) is 1. The molecule has 39 heavy (non-hydrogen) atoms. The number of likely N-dealkylation sites (tertiary alicyclic amines) is 1. The van der Waals surface area contributed by atoms with Crippen LogP contribution in [-0.4, -0.2) is 76.0 Å². The highest BCUT2D eigenvalue weighted by Crippen LogP contribution is 2.36. The van der Waals surface area contributed by atoms with E-state index in [2.05, 4.69) is 42.3 Å². The number of ether oxygens (including phenoxy) is 2. The highest BCUT2D eigenvalue weighted by atomic mass is 16.5. The number of allylic oxidation sites excluding steroid dienone is 1. The lowest BCUT2D eigenvalue weighted by molar-refractivity contribution is -0.193. The first-order valence-electron chi connectivity index (χ1n) is 13.1. The van der Waals surface area contributed by atoms with E-state index in [0.717, 1.165) is 71.6 Å². The third-order valence-corrected chi connectivity index (χ3v) is 7.51. The molecule has 3 aromatic heterocycles. The van der Waals surface area contributed by atoms with Crippen molar-refractivity contribution in [3.05, 3.63) is 78.5 Å². The standard InChI is InChI=1S/C29H32N8O2/c1-31-16-23(14-30)22-4-2-21(3-5-22)15-32-27-13-25(34-20-35-27)26-17-33-28-12-24(6-8-37(26)28)39-11-10-36-9-7-29(36)18-38-19-29/h2-6,8,12-14,16-17,20H,7,9-11,15,18-19,30H2,1H3,(H,32,34,35). The number of fused-ring (bicyclic) bond motifs is 1. The lowest BCUT2D eigenvalue weighted by atomic mass is 9.83. The Hall–Kier alpha value is -4.28. The summed E-state index contributed by atoms with van der Waals surface area (Å²) in [6.07, 6.45) is 9.90. The van der Waals surface area contributed by atoms with Crippen molar-refractivity contribution >= 4 is 23.3 Å². The Labute approximate surface area is 227 Å². The van der Waals surface area contributed by atoms with Crippen LogP contribution in [0.2, 0.25) is 0 Å². The maximum Gasteiger partial charge on any atom is 0.140 e. The zero-order chi connectivity index (χ0) is 26.7. The van der Waals surface area contributed by atoms with Gasteiger partial charge in [-0.15, -0.1) is 0 Å². The second kappa shape index (κ2) is 10.8. The molecule has 0 atom stereocenters. The van der Waals surface area contributed by atoms with Crippen molar-refractivity contribution in [2.75, 3.05) is 45.3 Å². The fourth-order valence-corrected chi connectivity index (χ4v) is 5.07. The molecule has 2 aliphatic rings. The molecule has 5 heterocycles. The number of pyridine rings is 1. The van der Waals surface area contributed by atoms with Gasteiger partial charge >= 0.3 is 0 Å². The molecule has 1 aromatic carbocycles. The summed E-state index contributed by atoms with van der Waals surface area (Å²) in [5.74, 6) is 1.55. The van der Waals surface area contributed by atoms with Crippen molar-refractivity contribution in [1.82, 2.24) is 24.3 Å². The number of hydrogen-bond acceptors (Lipinski definition) is 9. The highest BCUT2D eigenvalue weighted by Gasteiger charge is 2.50. The summed E-state index contributed by atoms with van der Waals surface area (Å²) in [7, 11) is 1.73. The van der Waals surface area contributed by atoms with Crippen LogP contribution < -0.4 is 15.8 Å². The molecule has 0 amide bonds. The van der Waals surface area contributed by atoms with Gasteiger partial charge in [0.1, 0.15) is 30.1 Å². The van der Waals surface area contributed by atoms with Crippen LogP contribution in [-0.2, 0) is 11.3 Å². The number of imidazole rings is 1. The Bertz CT molecular complexity index is 1500. The van der Waals surface area contributed by atoms with Gasteiger partial charge in [-0.05, 0) is 23.6 Å². The summed E-state index contributed by atoms with van der Waals surface area (Å²) >= 11 is 0. The molecule has 10 nitrogen and oxygen atoms in total. The third-order valence-electron chi connectivity index (χ3n) is 7.51. The van der Waals surface area contributed by atoms with Crippen LogP contribution in [0.15, 0.2) is 72.4 Å². The molecule has 0 radical (unpaired) electrons. The first kappa shape index (κ1) is 25.0. The second-order valence-electron chi connectivity index (χ2n) is 9.89. The van der Waals surface area contributed by atoms with Gasteiger partial charge in [-0.1, -0.05) is 24.3 Å². The lowest BCUT2D eigenvalue weighted by Gasteiger charge is -2.57. The molecule has 2 fully saturated rings. The summed E-state index contributed by atoms with van der Waals surface area (Å²) in [5, 5.41) is 3.39.